The van der Waals surface area contributed by atoms with Gasteiger partial charge in [0, 0.05) is 6.04 Å². The summed E-state index contributed by atoms with van der Waals surface area (Å²) in [5.41, 5.74) is 6.52. The lowest BCUT2D eigenvalue weighted by molar-refractivity contribution is 0.264. The minimum atomic E-state index is 0.569. The summed E-state index contributed by atoms with van der Waals surface area (Å²) in [6.45, 7) is 2.36. The van der Waals surface area contributed by atoms with Crippen molar-refractivity contribution in [2.75, 3.05) is 0 Å². The third-order valence-electron chi connectivity index (χ3n) is 3.52. The minimum Gasteiger partial charge on any atom is -0.327 e. The fourth-order valence-corrected chi connectivity index (χ4v) is 2.29. The Morgan fingerprint density at radius 3 is 2.20 bits per heavy atom. The number of nitrogens with two attached hydrogens (primary N) is 1. The largest absolute Gasteiger partial charge is 0.327 e. The molecule has 0 unspecified atom stereocenters. The molecular formula is C9H17N. The van der Waals surface area contributed by atoms with E-state index in [0.29, 0.717) is 11.5 Å². The van der Waals surface area contributed by atoms with Crippen molar-refractivity contribution in [2.24, 2.45) is 17.1 Å². The summed E-state index contributed by atoms with van der Waals surface area (Å²) >= 11 is 0. The second kappa shape index (κ2) is 1.97. The highest BCUT2D eigenvalue weighted by Crippen LogP contribution is 2.55. The predicted octanol–water partition coefficient (Wildman–Crippen LogP) is 1.91. The van der Waals surface area contributed by atoms with Gasteiger partial charge in [0.1, 0.15) is 0 Å². The Balaban J connectivity index is 1.93. The van der Waals surface area contributed by atoms with Gasteiger partial charge in [0.25, 0.3) is 0 Å². The van der Waals surface area contributed by atoms with Gasteiger partial charge in [-0.05, 0) is 30.6 Å². The Bertz CT molecular complexity index is 134. The maximum atomic E-state index is 5.88. The summed E-state index contributed by atoms with van der Waals surface area (Å²) in [5.74, 6) is 0.971. The first-order valence-corrected chi connectivity index (χ1v) is 4.48. The van der Waals surface area contributed by atoms with E-state index in [9.17, 15) is 0 Å². The standard InChI is InChI=1S/C9H17N/c1-7-2-4-9(5-3-7)6-8(9)10/h7-8H,2-6,10H2,1H3/t7?,8-,9?/m0/s1. The molecule has 0 saturated heterocycles. The highest BCUT2D eigenvalue weighted by atomic mass is 14.8. The molecule has 2 aliphatic rings. The minimum absolute atomic E-state index is 0.569. The number of hydrogen-bond acceptors (Lipinski definition) is 1. The fourth-order valence-electron chi connectivity index (χ4n) is 2.29. The average Bonchev–Trinajstić information content (AvgIpc) is 2.53. The first-order valence-electron chi connectivity index (χ1n) is 4.48. The van der Waals surface area contributed by atoms with Crippen LogP contribution in [0.15, 0.2) is 0 Å². The van der Waals surface area contributed by atoms with Crippen LogP contribution in [0.25, 0.3) is 0 Å². The molecule has 2 aliphatic carbocycles. The summed E-state index contributed by atoms with van der Waals surface area (Å²) in [4.78, 5) is 0. The molecule has 2 fully saturated rings. The van der Waals surface area contributed by atoms with E-state index in [1.807, 2.05) is 0 Å². The van der Waals surface area contributed by atoms with Gasteiger partial charge in [-0.15, -0.1) is 0 Å². The molecule has 0 bridgehead atoms. The zero-order valence-corrected chi connectivity index (χ0v) is 6.77. The zero-order chi connectivity index (χ0) is 7.19. The molecular weight excluding hydrogens is 122 g/mol. The normalized spacial score (nSPS) is 53.4. The average molecular weight is 139 g/mol. The number of rotatable bonds is 0. The first-order chi connectivity index (χ1) is 4.73. The van der Waals surface area contributed by atoms with Crippen LogP contribution < -0.4 is 5.73 Å². The highest BCUT2D eigenvalue weighted by molar-refractivity contribution is 5.07. The van der Waals surface area contributed by atoms with Crippen LogP contribution >= 0.6 is 0 Å². The van der Waals surface area contributed by atoms with E-state index < -0.39 is 0 Å². The number of hydrogen-bond donors (Lipinski definition) is 1. The van der Waals surface area contributed by atoms with Gasteiger partial charge in [-0.2, -0.15) is 0 Å². The smallest absolute Gasteiger partial charge is 0.0102 e. The Morgan fingerprint density at radius 1 is 1.30 bits per heavy atom. The van der Waals surface area contributed by atoms with Crippen molar-refractivity contribution in [1.82, 2.24) is 0 Å². The van der Waals surface area contributed by atoms with Crippen LogP contribution in [0, 0.1) is 11.3 Å². The molecule has 10 heavy (non-hydrogen) atoms. The lowest BCUT2D eigenvalue weighted by atomic mass is 9.80. The third kappa shape index (κ3) is 0.878. The van der Waals surface area contributed by atoms with Crippen LogP contribution in [0.4, 0.5) is 0 Å². The molecule has 2 N–H and O–H groups in total. The molecule has 0 aromatic heterocycles. The van der Waals surface area contributed by atoms with Crippen molar-refractivity contribution in [3.63, 3.8) is 0 Å². The topological polar surface area (TPSA) is 26.0 Å². The summed E-state index contributed by atoms with van der Waals surface area (Å²) in [6, 6.07) is 0.569. The third-order valence-corrected chi connectivity index (χ3v) is 3.52. The van der Waals surface area contributed by atoms with Gasteiger partial charge < -0.3 is 5.73 Å². The van der Waals surface area contributed by atoms with Crippen LogP contribution in [-0.4, -0.2) is 6.04 Å². The van der Waals surface area contributed by atoms with Crippen molar-refractivity contribution >= 4 is 0 Å². The molecule has 1 heteroatoms. The Morgan fingerprint density at radius 2 is 1.80 bits per heavy atom. The second-order valence-corrected chi connectivity index (χ2v) is 4.36. The van der Waals surface area contributed by atoms with Crippen LogP contribution in [-0.2, 0) is 0 Å². The van der Waals surface area contributed by atoms with Gasteiger partial charge in [-0.3, -0.25) is 0 Å². The predicted molar refractivity (Wildman–Crippen MR) is 42.7 cm³/mol. The monoisotopic (exact) mass is 139 g/mol. The Hall–Kier alpha value is -0.0400. The van der Waals surface area contributed by atoms with E-state index in [1.165, 1.54) is 32.1 Å². The molecule has 1 atom stereocenters. The van der Waals surface area contributed by atoms with Crippen molar-refractivity contribution in [3.05, 3.63) is 0 Å². The quantitative estimate of drug-likeness (QED) is 0.545. The van der Waals surface area contributed by atoms with Crippen molar-refractivity contribution < 1.29 is 0 Å². The van der Waals surface area contributed by atoms with E-state index in [4.69, 9.17) is 5.73 Å². The maximum absolute atomic E-state index is 5.88. The molecule has 0 aromatic carbocycles. The summed E-state index contributed by atoms with van der Waals surface area (Å²) in [7, 11) is 0. The SMILES string of the molecule is CC1CCC2(CC1)C[C@@H]2N. The van der Waals surface area contributed by atoms with Gasteiger partial charge in [0.2, 0.25) is 0 Å². The molecule has 0 heterocycles. The fraction of sp³-hybridized carbons (Fsp3) is 1.00. The van der Waals surface area contributed by atoms with E-state index >= 15 is 0 Å². The van der Waals surface area contributed by atoms with E-state index in [2.05, 4.69) is 6.92 Å². The maximum Gasteiger partial charge on any atom is 0.0102 e. The lowest BCUT2D eigenvalue weighted by Crippen LogP contribution is -2.20. The van der Waals surface area contributed by atoms with Gasteiger partial charge in [0.15, 0.2) is 0 Å². The molecule has 0 radical (unpaired) electrons. The van der Waals surface area contributed by atoms with Gasteiger partial charge >= 0.3 is 0 Å². The first kappa shape index (κ1) is 6.66. The highest BCUT2D eigenvalue weighted by Gasteiger charge is 2.52. The molecule has 1 spiro atoms. The summed E-state index contributed by atoms with van der Waals surface area (Å²) in [6.07, 6.45) is 6.99. The zero-order valence-electron chi connectivity index (χ0n) is 6.77. The Labute approximate surface area is 63.0 Å². The summed E-state index contributed by atoms with van der Waals surface area (Å²) < 4.78 is 0. The molecule has 0 aromatic rings. The van der Waals surface area contributed by atoms with E-state index in [1.54, 1.807) is 0 Å². The van der Waals surface area contributed by atoms with E-state index in [0.717, 1.165) is 5.92 Å². The van der Waals surface area contributed by atoms with Crippen LogP contribution in [0.5, 0.6) is 0 Å². The van der Waals surface area contributed by atoms with Gasteiger partial charge in [0.05, 0.1) is 0 Å². The molecule has 58 valence electrons. The molecule has 1 nitrogen and oxygen atoms in total. The molecule has 0 aliphatic heterocycles. The Kier molecular flexibility index (Phi) is 1.31. The van der Waals surface area contributed by atoms with E-state index in [-0.39, 0.29) is 0 Å². The second-order valence-electron chi connectivity index (χ2n) is 4.36. The van der Waals surface area contributed by atoms with Gasteiger partial charge in [-0.1, -0.05) is 19.8 Å². The van der Waals surface area contributed by atoms with Gasteiger partial charge in [-0.25, -0.2) is 0 Å². The van der Waals surface area contributed by atoms with Crippen molar-refractivity contribution in [3.8, 4) is 0 Å². The molecule has 0 amide bonds. The molecule has 2 rings (SSSR count). The summed E-state index contributed by atoms with van der Waals surface area (Å²) in [5, 5.41) is 0. The van der Waals surface area contributed by atoms with Crippen molar-refractivity contribution in [2.45, 2.75) is 45.1 Å². The lowest BCUT2D eigenvalue weighted by Gasteiger charge is -2.26. The van der Waals surface area contributed by atoms with Crippen LogP contribution in [0.1, 0.15) is 39.0 Å². The molecule has 2 saturated carbocycles. The van der Waals surface area contributed by atoms with Crippen LogP contribution in [0.2, 0.25) is 0 Å². The van der Waals surface area contributed by atoms with Crippen molar-refractivity contribution in [1.29, 1.82) is 0 Å². The van der Waals surface area contributed by atoms with Crippen LogP contribution in [0.3, 0.4) is 0 Å².